The highest BCUT2D eigenvalue weighted by atomic mass is 35.5. The first-order valence-electron chi connectivity index (χ1n) is 7.28. The Balaban J connectivity index is 2.05. The summed E-state index contributed by atoms with van der Waals surface area (Å²) in [6, 6.07) is 3.25. The highest BCUT2D eigenvalue weighted by Crippen LogP contribution is 2.14. The molecule has 0 saturated carbocycles. The van der Waals surface area contributed by atoms with Crippen LogP contribution in [0.5, 0.6) is 5.75 Å². The highest BCUT2D eigenvalue weighted by molar-refractivity contribution is 6.29. The summed E-state index contributed by atoms with van der Waals surface area (Å²) in [6.07, 6.45) is 3.47. The fraction of sp³-hybridized carbons (Fsp3) is 0.533. The van der Waals surface area contributed by atoms with Crippen LogP contribution in [0, 0.1) is 0 Å². The average Bonchev–Trinajstić information content (AvgIpc) is 2.49. The largest absolute Gasteiger partial charge is 0.490 e. The van der Waals surface area contributed by atoms with Gasteiger partial charge in [0.1, 0.15) is 24.1 Å². The van der Waals surface area contributed by atoms with E-state index in [0.29, 0.717) is 30.3 Å². The maximum Gasteiger partial charge on any atom is 0.305 e. The van der Waals surface area contributed by atoms with Gasteiger partial charge in [-0.1, -0.05) is 18.5 Å². The number of hydrogen-bond acceptors (Lipinski definition) is 5. The summed E-state index contributed by atoms with van der Waals surface area (Å²) in [5.41, 5.74) is 0. The topological polar surface area (TPSA) is 77.5 Å². The van der Waals surface area contributed by atoms with Gasteiger partial charge in [0.25, 0.3) is 0 Å². The minimum Gasteiger partial charge on any atom is -0.490 e. The summed E-state index contributed by atoms with van der Waals surface area (Å²) in [6.45, 7) is 3.04. The molecule has 1 aromatic heterocycles. The van der Waals surface area contributed by atoms with Gasteiger partial charge < -0.3 is 14.8 Å². The molecule has 0 aliphatic rings. The third kappa shape index (κ3) is 8.46. The third-order valence-corrected chi connectivity index (χ3v) is 2.88. The van der Waals surface area contributed by atoms with Crippen molar-refractivity contribution in [2.24, 2.45) is 0 Å². The standard InChI is InChI=1S/C15H21ClN2O4/c1-2-7-18-14(19)4-3-5-15(20)22-10-9-21-12-6-8-17-13(16)11-12/h6,8,11H,2-5,7,9-10H2,1H3,(H,18,19). The molecule has 0 aliphatic heterocycles. The number of esters is 1. The Morgan fingerprint density at radius 3 is 2.86 bits per heavy atom. The molecule has 0 fully saturated rings. The number of pyridine rings is 1. The molecule has 22 heavy (non-hydrogen) atoms. The molecule has 0 aromatic carbocycles. The molecule has 0 unspecified atom stereocenters. The van der Waals surface area contributed by atoms with Gasteiger partial charge in [-0.15, -0.1) is 0 Å². The molecule has 1 amide bonds. The summed E-state index contributed by atoms with van der Waals surface area (Å²) in [5.74, 6) is 0.204. The van der Waals surface area contributed by atoms with Gasteiger partial charge in [-0.3, -0.25) is 9.59 Å². The van der Waals surface area contributed by atoms with E-state index in [1.165, 1.54) is 6.20 Å². The van der Waals surface area contributed by atoms with Gasteiger partial charge in [0, 0.05) is 31.6 Å². The average molecular weight is 329 g/mol. The van der Waals surface area contributed by atoms with Gasteiger partial charge >= 0.3 is 5.97 Å². The maximum atomic E-state index is 11.5. The molecule has 1 heterocycles. The highest BCUT2D eigenvalue weighted by Gasteiger charge is 2.06. The van der Waals surface area contributed by atoms with E-state index in [1.807, 2.05) is 6.92 Å². The van der Waals surface area contributed by atoms with Crippen LogP contribution in [0.1, 0.15) is 32.6 Å². The van der Waals surface area contributed by atoms with Crippen LogP contribution in [-0.2, 0) is 14.3 Å². The number of halogens is 1. The van der Waals surface area contributed by atoms with Crippen molar-refractivity contribution in [3.63, 3.8) is 0 Å². The molecule has 6 nitrogen and oxygen atoms in total. The van der Waals surface area contributed by atoms with Gasteiger partial charge in [-0.2, -0.15) is 0 Å². The van der Waals surface area contributed by atoms with Crippen molar-refractivity contribution in [2.75, 3.05) is 19.8 Å². The SMILES string of the molecule is CCCNC(=O)CCCC(=O)OCCOc1ccnc(Cl)c1. The first-order chi connectivity index (χ1) is 10.6. The Morgan fingerprint density at radius 2 is 2.14 bits per heavy atom. The first kappa shape index (κ1) is 18.2. The second-order valence-corrected chi connectivity index (χ2v) is 4.97. The summed E-state index contributed by atoms with van der Waals surface area (Å²) >= 11 is 5.71. The lowest BCUT2D eigenvalue weighted by atomic mass is 10.2. The van der Waals surface area contributed by atoms with Crippen LogP contribution in [0.4, 0.5) is 0 Å². The predicted molar refractivity (Wildman–Crippen MR) is 82.9 cm³/mol. The minimum absolute atomic E-state index is 0.0347. The molecule has 1 rings (SSSR count). The first-order valence-corrected chi connectivity index (χ1v) is 7.66. The molecule has 0 spiro atoms. The Morgan fingerprint density at radius 1 is 1.32 bits per heavy atom. The summed E-state index contributed by atoms with van der Waals surface area (Å²) in [5, 5.41) is 3.10. The van der Waals surface area contributed by atoms with E-state index in [2.05, 4.69) is 10.3 Å². The van der Waals surface area contributed by atoms with Gasteiger partial charge in [0.2, 0.25) is 5.91 Å². The predicted octanol–water partition coefficient (Wildman–Crippen LogP) is 2.35. The number of hydrogen-bond donors (Lipinski definition) is 1. The number of aromatic nitrogens is 1. The molecule has 1 aromatic rings. The van der Waals surface area contributed by atoms with E-state index in [4.69, 9.17) is 21.1 Å². The Kier molecular flexibility index (Phi) is 8.98. The lowest BCUT2D eigenvalue weighted by Crippen LogP contribution is -2.23. The van der Waals surface area contributed by atoms with Crippen molar-refractivity contribution in [3.05, 3.63) is 23.5 Å². The molecule has 0 saturated heterocycles. The van der Waals surface area contributed by atoms with E-state index in [1.54, 1.807) is 12.1 Å². The molecule has 0 aliphatic carbocycles. The fourth-order valence-electron chi connectivity index (χ4n) is 1.61. The van der Waals surface area contributed by atoms with Crippen LogP contribution in [-0.4, -0.2) is 36.6 Å². The Bertz CT molecular complexity index is 482. The van der Waals surface area contributed by atoms with Crippen molar-refractivity contribution in [3.8, 4) is 5.75 Å². The van der Waals surface area contributed by atoms with Gasteiger partial charge in [0.15, 0.2) is 0 Å². The van der Waals surface area contributed by atoms with Crippen LogP contribution in [0.2, 0.25) is 5.15 Å². The zero-order chi connectivity index (χ0) is 16.2. The van der Waals surface area contributed by atoms with Crippen LogP contribution in [0.15, 0.2) is 18.3 Å². The lowest BCUT2D eigenvalue weighted by Gasteiger charge is -2.07. The smallest absolute Gasteiger partial charge is 0.305 e. The van der Waals surface area contributed by atoms with Crippen molar-refractivity contribution >= 4 is 23.5 Å². The molecular formula is C15H21ClN2O4. The van der Waals surface area contributed by atoms with Crippen LogP contribution >= 0.6 is 11.6 Å². The molecule has 0 bridgehead atoms. The van der Waals surface area contributed by atoms with Crippen LogP contribution in [0.3, 0.4) is 0 Å². The van der Waals surface area contributed by atoms with Crippen LogP contribution < -0.4 is 10.1 Å². The number of carbonyl (C=O) groups is 2. The van der Waals surface area contributed by atoms with Gasteiger partial charge in [0.05, 0.1) is 0 Å². The lowest BCUT2D eigenvalue weighted by molar-refractivity contribution is -0.144. The van der Waals surface area contributed by atoms with Crippen molar-refractivity contribution < 1.29 is 19.1 Å². The number of rotatable bonds is 10. The monoisotopic (exact) mass is 328 g/mol. The molecule has 0 radical (unpaired) electrons. The van der Waals surface area contributed by atoms with Crippen LogP contribution in [0.25, 0.3) is 0 Å². The molecule has 1 N–H and O–H groups in total. The minimum atomic E-state index is -0.334. The zero-order valence-corrected chi connectivity index (χ0v) is 13.4. The quantitative estimate of drug-likeness (QED) is 0.405. The summed E-state index contributed by atoms with van der Waals surface area (Å²) in [7, 11) is 0. The fourth-order valence-corrected chi connectivity index (χ4v) is 1.77. The number of carbonyl (C=O) groups excluding carboxylic acids is 2. The molecule has 122 valence electrons. The number of ether oxygens (including phenoxy) is 2. The van der Waals surface area contributed by atoms with E-state index >= 15 is 0 Å². The normalized spacial score (nSPS) is 10.1. The molecular weight excluding hydrogens is 308 g/mol. The van der Waals surface area contributed by atoms with Gasteiger partial charge in [-0.25, -0.2) is 4.98 Å². The van der Waals surface area contributed by atoms with E-state index in [9.17, 15) is 9.59 Å². The van der Waals surface area contributed by atoms with E-state index in [-0.39, 0.29) is 31.5 Å². The maximum absolute atomic E-state index is 11.5. The number of nitrogens with zero attached hydrogens (tertiary/aromatic N) is 1. The second kappa shape index (κ2) is 10.8. The Hall–Kier alpha value is -1.82. The molecule has 7 heteroatoms. The number of nitrogens with one attached hydrogen (secondary N) is 1. The molecule has 0 atom stereocenters. The van der Waals surface area contributed by atoms with Crippen molar-refractivity contribution in [2.45, 2.75) is 32.6 Å². The van der Waals surface area contributed by atoms with Crippen molar-refractivity contribution in [1.82, 2.24) is 10.3 Å². The van der Waals surface area contributed by atoms with Crippen molar-refractivity contribution in [1.29, 1.82) is 0 Å². The third-order valence-electron chi connectivity index (χ3n) is 2.67. The summed E-state index contributed by atoms with van der Waals surface area (Å²) in [4.78, 5) is 26.6. The van der Waals surface area contributed by atoms with E-state index in [0.717, 1.165) is 6.42 Å². The summed E-state index contributed by atoms with van der Waals surface area (Å²) < 4.78 is 10.4. The second-order valence-electron chi connectivity index (χ2n) is 4.59. The van der Waals surface area contributed by atoms with Gasteiger partial charge in [-0.05, 0) is 18.9 Å². The Labute approximate surface area is 135 Å². The number of amides is 1. The van der Waals surface area contributed by atoms with E-state index < -0.39 is 0 Å². The zero-order valence-electron chi connectivity index (χ0n) is 12.6.